The predicted molar refractivity (Wildman–Crippen MR) is 78.4 cm³/mol. The standard InChI is InChI=1S/C16H19NO4/c1-11-15(19)12(9-13-16(11)21-10-20-13)5-6-14(18)17-7-3-2-4-8-17/h5-6,9,19H,2-4,7-8,10H2,1H3/b6-5+. The van der Waals surface area contributed by atoms with Gasteiger partial charge in [-0.2, -0.15) is 0 Å². The number of hydrogen-bond donors (Lipinski definition) is 1. The van der Waals surface area contributed by atoms with Gasteiger partial charge < -0.3 is 19.5 Å². The number of rotatable bonds is 2. The number of amides is 1. The van der Waals surface area contributed by atoms with Crippen LogP contribution >= 0.6 is 0 Å². The zero-order valence-corrected chi connectivity index (χ0v) is 12.1. The summed E-state index contributed by atoms with van der Waals surface area (Å²) < 4.78 is 10.6. The van der Waals surface area contributed by atoms with Crippen LogP contribution in [0.4, 0.5) is 0 Å². The van der Waals surface area contributed by atoms with Crippen LogP contribution in [0.2, 0.25) is 0 Å². The second-order valence-electron chi connectivity index (χ2n) is 5.39. The number of fused-ring (bicyclic) bond motifs is 1. The fraction of sp³-hybridized carbons (Fsp3) is 0.438. The minimum absolute atomic E-state index is 0.00980. The molecule has 112 valence electrons. The maximum absolute atomic E-state index is 12.1. The van der Waals surface area contributed by atoms with E-state index in [1.54, 1.807) is 19.1 Å². The molecule has 5 heteroatoms. The van der Waals surface area contributed by atoms with Crippen LogP contribution in [0.5, 0.6) is 17.2 Å². The van der Waals surface area contributed by atoms with E-state index in [1.165, 1.54) is 12.5 Å². The quantitative estimate of drug-likeness (QED) is 0.850. The monoisotopic (exact) mass is 289 g/mol. The van der Waals surface area contributed by atoms with E-state index in [1.807, 2.05) is 4.90 Å². The van der Waals surface area contributed by atoms with Crippen molar-refractivity contribution in [3.05, 3.63) is 23.3 Å². The Morgan fingerprint density at radius 1 is 1.29 bits per heavy atom. The van der Waals surface area contributed by atoms with E-state index in [0.717, 1.165) is 25.9 Å². The molecule has 21 heavy (non-hydrogen) atoms. The van der Waals surface area contributed by atoms with Gasteiger partial charge in [0.05, 0.1) is 0 Å². The molecule has 1 fully saturated rings. The van der Waals surface area contributed by atoms with Crippen molar-refractivity contribution in [1.82, 2.24) is 4.90 Å². The second-order valence-corrected chi connectivity index (χ2v) is 5.39. The maximum Gasteiger partial charge on any atom is 0.246 e. The minimum atomic E-state index is -0.00980. The summed E-state index contributed by atoms with van der Waals surface area (Å²) in [5.41, 5.74) is 1.21. The molecule has 0 unspecified atom stereocenters. The van der Waals surface area contributed by atoms with Crippen LogP contribution in [0, 0.1) is 6.92 Å². The van der Waals surface area contributed by atoms with Crippen LogP contribution in [0.25, 0.3) is 6.08 Å². The number of phenolic OH excluding ortho intramolecular Hbond substituents is 1. The SMILES string of the molecule is Cc1c(O)c(/C=C/C(=O)N2CCCCC2)cc2c1OCO2. The van der Waals surface area contributed by atoms with E-state index in [2.05, 4.69) is 0 Å². The van der Waals surface area contributed by atoms with Crippen LogP contribution in [0.15, 0.2) is 12.1 Å². The topological polar surface area (TPSA) is 59.0 Å². The first-order valence-electron chi connectivity index (χ1n) is 7.26. The highest BCUT2D eigenvalue weighted by molar-refractivity contribution is 5.92. The highest BCUT2D eigenvalue weighted by Crippen LogP contribution is 2.42. The molecule has 0 saturated carbocycles. The van der Waals surface area contributed by atoms with Crippen LogP contribution in [0.1, 0.15) is 30.4 Å². The molecular weight excluding hydrogens is 270 g/mol. The van der Waals surface area contributed by atoms with Crippen molar-refractivity contribution >= 4 is 12.0 Å². The summed E-state index contributed by atoms with van der Waals surface area (Å²) in [7, 11) is 0. The number of benzene rings is 1. The third-order valence-electron chi connectivity index (χ3n) is 3.97. The Morgan fingerprint density at radius 2 is 2.05 bits per heavy atom. The number of aromatic hydroxyl groups is 1. The van der Waals surface area contributed by atoms with Gasteiger partial charge in [-0.25, -0.2) is 0 Å². The summed E-state index contributed by atoms with van der Waals surface area (Å²) in [6.07, 6.45) is 6.47. The molecule has 0 aromatic heterocycles. The number of ether oxygens (including phenoxy) is 2. The molecule has 2 aliphatic rings. The number of phenols is 1. The second kappa shape index (κ2) is 5.68. The number of carbonyl (C=O) groups is 1. The van der Waals surface area contributed by atoms with E-state index < -0.39 is 0 Å². The molecule has 3 rings (SSSR count). The summed E-state index contributed by atoms with van der Waals surface area (Å²) in [6.45, 7) is 3.56. The van der Waals surface area contributed by atoms with Gasteiger partial charge in [0.2, 0.25) is 12.7 Å². The number of piperidine rings is 1. The van der Waals surface area contributed by atoms with Crippen LogP contribution < -0.4 is 9.47 Å². The van der Waals surface area contributed by atoms with E-state index in [9.17, 15) is 9.90 Å². The Kier molecular flexibility index (Phi) is 3.73. The van der Waals surface area contributed by atoms with Gasteiger partial charge in [-0.05, 0) is 38.3 Å². The van der Waals surface area contributed by atoms with Crippen molar-refractivity contribution in [3.63, 3.8) is 0 Å². The van der Waals surface area contributed by atoms with Gasteiger partial charge in [-0.15, -0.1) is 0 Å². The van der Waals surface area contributed by atoms with Gasteiger partial charge in [0.15, 0.2) is 11.5 Å². The first-order chi connectivity index (χ1) is 10.2. The Balaban J connectivity index is 1.79. The number of nitrogens with zero attached hydrogens (tertiary/aromatic N) is 1. The Hall–Kier alpha value is -2.17. The number of carbonyl (C=O) groups excluding carboxylic acids is 1. The zero-order chi connectivity index (χ0) is 14.8. The van der Waals surface area contributed by atoms with Crippen LogP contribution in [0.3, 0.4) is 0 Å². The molecule has 1 N–H and O–H groups in total. The summed E-state index contributed by atoms with van der Waals surface area (Å²) in [5, 5.41) is 10.2. The van der Waals surface area contributed by atoms with Crippen LogP contribution in [-0.2, 0) is 4.79 Å². The molecule has 0 aliphatic carbocycles. The molecule has 2 aliphatic heterocycles. The molecule has 1 aromatic carbocycles. The van der Waals surface area contributed by atoms with E-state index in [0.29, 0.717) is 22.6 Å². The summed E-state index contributed by atoms with van der Waals surface area (Å²) >= 11 is 0. The highest BCUT2D eigenvalue weighted by atomic mass is 16.7. The highest BCUT2D eigenvalue weighted by Gasteiger charge is 2.21. The van der Waals surface area contributed by atoms with Crippen LogP contribution in [-0.4, -0.2) is 35.8 Å². The van der Waals surface area contributed by atoms with Crippen molar-refractivity contribution in [2.75, 3.05) is 19.9 Å². The molecule has 0 spiro atoms. The first kappa shape index (κ1) is 13.8. The zero-order valence-electron chi connectivity index (χ0n) is 12.1. The van der Waals surface area contributed by atoms with Gasteiger partial charge >= 0.3 is 0 Å². The largest absolute Gasteiger partial charge is 0.507 e. The fourth-order valence-corrected chi connectivity index (χ4v) is 2.73. The lowest BCUT2D eigenvalue weighted by molar-refractivity contribution is -0.126. The molecule has 1 saturated heterocycles. The molecule has 1 aromatic rings. The molecule has 0 radical (unpaired) electrons. The number of likely N-dealkylation sites (tertiary alicyclic amines) is 1. The van der Waals surface area contributed by atoms with Gasteiger partial charge in [0.25, 0.3) is 0 Å². The van der Waals surface area contributed by atoms with Crippen molar-refractivity contribution in [3.8, 4) is 17.2 Å². The van der Waals surface area contributed by atoms with Gasteiger partial charge in [0.1, 0.15) is 5.75 Å². The molecule has 1 amide bonds. The molecule has 0 atom stereocenters. The van der Waals surface area contributed by atoms with Gasteiger partial charge in [-0.3, -0.25) is 4.79 Å². The van der Waals surface area contributed by atoms with Crippen molar-refractivity contribution < 1.29 is 19.4 Å². The normalized spacial score (nSPS) is 17.5. The lowest BCUT2D eigenvalue weighted by atomic mass is 10.1. The molecule has 0 bridgehead atoms. The Bertz CT molecular complexity index is 588. The first-order valence-corrected chi connectivity index (χ1v) is 7.26. The smallest absolute Gasteiger partial charge is 0.246 e. The average Bonchev–Trinajstić information content (AvgIpc) is 2.98. The van der Waals surface area contributed by atoms with E-state index in [-0.39, 0.29) is 18.4 Å². The predicted octanol–water partition coefficient (Wildman–Crippen LogP) is 2.46. The van der Waals surface area contributed by atoms with Gasteiger partial charge in [0, 0.05) is 30.3 Å². The lowest BCUT2D eigenvalue weighted by Crippen LogP contribution is -2.34. The lowest BCUT2D eigenvalue weighted by Gasteiger charge is -2.25. The average molecular weight is 289 g/mol. The minimum Gasteiger partial charge on any atom is -0.507 e. The maximum atomic E-state index is 12.1. The van der Waals surface area contributed by atoms with E-state index >= 15 is 0 Å². The molecule has 2 heterocycles. The third kappa shape index (κ3) is 2.68. The Labute approximate surface area is 123 Å². The Morgan fingerprint density at radius 3 is 2.81 bits per heavy atom. The number of hydrogen-bond acceptors (Lipinski definition) is 4. The molecular formula is C16H19NO4. The van der Waals surface area contributed by atoms with Crippen molar-refractivity contribution in [2.24, 2.45) is 0 Å². The third-order valence-corrected chi connectivity index (χ3v) is 3.97. The molecule has 5 nitrogen and oxygen atoms in total. The fourth-order valence-electron chi connectivity index (χ4n) is 2.73. The van der Waals surface area contributed by atoms with Crippen molar-refractivity contribution in [2.45, 2.75) is 26.2 Å². The summed E-state index contributed by atoms with van der Waals surface area (Å²) in [4.78, 5) is 13.9. The van der Waals surface area contributed by atoms with Crippen molar-refractivity contribution in [1.29, 1.82) is 0 Å². The van der Waals surface area contributed by atoms with E-state index in [4.69, 9.17) is 9.47 Å². The van der Waals surface area contributed by atoms with Gasteiger partial charge in [-0.1, -0.05) is 0 Å². The summed E-state index contributed by atoms with van der Waals surface area (Å²) in [6, 6.07) is 1.70. The summed E-state index contributed by atoms with van der Waals surface area (Å²) in [5.74, 6) is 1.30.